The quantitative estimate of drug-likeness (QED) is 0.568. The third kappa shape index (κ3) is 5.06. The lowest BCUT2D eigenvalue weighted by Gasteiger charge is -2.15. The first-order chi connectivity index (χ1) is 9.99. The van der Waals surface area contributed by atoms with Gasteiger partial charge in [0.1, 0.15) is 5.69 Å². The molecule has 0 bridgehead atoms. The molecule has 0 aliphatic carbocycles. The van der Waals surface area contributed by atoms with Crippen LogP contribution in [0.3, 0.4) is 0 Å². The fourth-order valence-electron chi connectivity index (χ4n) is 2.06. The van der Waals surface area contributed by atoms with E-state index in [1.807, 2.05) is 6.92 Å². The topological polar surface area (TPSA) is 84.3 Å². The molecule has 0 saturated heterocycles. The molecule has 116 valence electrons. The first-order valence-corrected chi connectivity index (χ1v) is 7.32. The Balaban J connectivity index is 2.94. The highest BCUT2D eigenvalue weighted by molar-refractivity contribution is 5.95. The summed E-state index contributed by atoms with van der Waals surface area (Å²) in [4.78, 5) is 22.5. The third-order valence-corrected chi connectivity index (χ3v) is 3.19. The molecule has 0 fully saturated rings. The van der Waals surface area contributed by atoms with Gasteiger partial charge in [0.2, 0.25) is 0 Å². The summed E-state index contributed by atoms with van der Waals surface area (Å²) >= 11 is 0. The van der Waals surface area contributed by atoms with Crippen LogP contribution in [0.2, 0.25) is 0 Å². The summed E-state index contributed by atoms with van der Waals surface area (Å²) < 4.78 is 0. The molecule has 1 amide bonds. The highest BCUT2D eigenvalue weighted by atomic mass is 16.6. The minimum Gasteiger partial charge on any atom is -0.377 e. The largest absolute Gasteiger partial charge is 0.377 e. The Hall–Kier alpha value is -2.11. The number of anilines is 1. The van der Waals surface area contributed by atoms with Crippen molar-refractivity contribution in [2.24, 2.45) is 0 Å². The fourth-order valence-corrected chi connectivity index (χ4v) is 2.06. The third-order valence-electron chi connectivity index (χ3n) is 3.19. The zero-order valence-electron chi connectivity index (χ0n) is 12.8. The van der Waals surface area contributed by atoms with Gasteiger partial charge in [-0.25, -0.2) is 0 Å². The second kappa shape index (κ2) is 8.24. The van der Waals surface area contributed by atoms with Crippen LogP contribution in [0.5, 0.6) is 0 Å². The molecule has 1 unspecified atom stereocenters. The van der Waals surface area contributed by atoms with Crippen molar-refractivity contribution in [3.63, 3.8) is 0 Å². The minimum atomic E-state index is -0.461. The summed E-state index contributed by atoms with van der Waals surface area (Å²) in [5, 5.41) is 17.0. The molecule has 6 nitrogen and oxygen atoms in total. The predicted molar refractivity (Wildman–Crippen MR) is 83.7 cm³/mol. The molecule has 1 aromatic carbocycles. The van der Waals surface area contributed by atoms with E-state index in [-0.39, 0.29) is 17.6 Å². The number of rotatable bonds is 8. The number of nitro groups is 1. The molecule has 0 spiro atoms. The van der Waals surface area contributed by atoms with Crippen LogP contribution in [-0.4, -0.2) is 23.4 Å². The van der Waals surface area contributed by atoms with Gasteiger partial charge in [0, 0.05) is 24.2 Å². The van der Waals surface area contributed by atoms with Crippen molar-refractivity contribution >= 4 is 17.3 Å². The Morgan fingerprint density at radius 2 is 2.10 bits per heavy atom. The van der Waals surface area contributed by atoms with E-state index in [0.29, 0.717) is 17.8 Å². The number of carbonyl (C=O) groups excluding carboxylic acids is 1. The van der Waals surface area contributed by atoms with Crippen molar-refractivity contribution in [1.29, 1.82) is 0 Å². The monoisotopic (exact) mass is 293 g/mol. The molecule has 2 N–H and O–H groups in total. The van der Waals surface area contributed by atoms with Gasteiger partial charge in [0.15, 0.2) is 0 Å². The van der Waals surface area contributed by atoms with Gasteiger partial charge < -0.3 is 10.6 Å². The van der Waals surface area contributed by atoms with Crippen molar-refractivity contribution in [2.45, 2.75) is 46.1 Å². The van der Waals surface area contributed by atoms with Gasteiger partial charge in [-0.1, -0.05) is 19.8 Å². The molecule has 0 heterocycles. The first kappa shape index (κ1) is 16.9. The van der Waals surface area contributed by atoms with E-state index in [9.17, 15) is 14.9 Å². The number of hydrogen-bond donors (Lipinski definition) is 2. The molecule has 21 heavy (non-hydrogen) atoms. The lowest BCUT2D eigenvalue weighted by atomic mass is 10.1. The molecule has 1 aromatic rings. The van der Waals surface area contributed by atoms with E-state index >= 15 is 0 Å². The maximum absolute atomic E-state index is 11.7. The lowest BCUT2D eigenvalue weighted by molar-refractivity contribution is -0.384. The number of nitrogens with one attached hydrogen (secondary N) is 2. The molecule has 0 aliphatic rings. The van der Waals surface area contributed by atoms with E-state index in [2.05, 4.69) is 17.6 Å². The Labute approximate surface area is 125 Å². The van der Waals surface area contributed by atoms with E-state index < -0.39 is 4.92 Å². The zero-order chi connectivity index (χ0) is 15.8. The standard InChI is InChI=1S/C15H23N3O3/c1-4-6-7-11(3)17-13-9-8-12(15(19)16-5-2)10-14(13)18(20)21/h8-11,17H,4-7H2,1-3H3,(H,16,19). The summed E-state index contributed by atoms with van der Waals surface area (Å²) in [5.41, 5.74) is 0.689. The van der Waals surface area contributed by atoms with Crippen molar-refractivity contribution in [2.75, 3.05) is 11.9 Å². The molecule has 1 atom stereocenters. The van der Waals surface area contributed by atoms with Gasteiger partial charge in [-0.05, 0) is 32.4 Å². The summed E-state index contributed by atoms with van der Waals surface area (Å²) in [6.07, 6.45) is 3.11. The maximum Gasteiger partial charge on any atom is 0.293 e. The van der Waals surface area contributed by atoms with Crippen molar-refractivity contribution < 1.29 is 9.72 Å². The molecule has 0 radical (unpaired) electrons. The average molecular weight is 293 g/mol. The Kier molecular flexibility index (Phi) is 6.65. The van der Waals surface area contributed by atoms with E-state index in [1.54, 1.807) is 19.1 Å². The maximum atomic E-state index is 11.7. The second-order valence-electron chi connectivity index (χ2n) is 5.04. The van der Waals surface area contributed by atoms with E-state index in [0.717, 1.165) is 19.3 Å². The van der Waals surface area contributed by atoms with Crippen LogP contribution in [0.25, 0.3) is 0 Å². The summed E-state index contributed by atoms with van der Waals surface area (Å²) in [5.74, 6) is -0.300. The normalized spacial score (nSPS) is 11.8. The first-order valence-electron chi connectivity index (χ1n) is 7.32. The second-order valence-corrected chi connectivity index (χ2v) is 5.04. The number of nitro benzene ring substituents is 1. The van der Waals surface area contributed by atoms with Crippen LogP contribution >= 0.6 is 0 Å². The van der Waals surface area contributed by atoms with Gasteiger partial charge in [0.25, 0.3) is 11.6 Å². The number of benzene rings is 1. The average Bonchev–Trinajstić information content (AvgIpc) is 2.45. The summed E-state index contributed by atoms with van der Waals surface area (Å²) in [6.45, 7) is 6.39. The van der Waals surface area contributed by atoms with Crippen LogP contribution in [-0.2, 0) is 0 Å². The number of hydrogen-bond acceptors (Lipinski definition) is 4. The van der Waals surface area contributed by atoms with Crippen LogP contribution < -0.4 is 10.6 Å². The van der Waals surface area contributed by atoms with Crippen LogP contribution in [0, 0.1) is 10.1 Å². The predicted octanol–water partition coefficient (Wildman–Crippen LogP) is 3.34. The smallest absolute Gasteiger partial charge is 0.293 e. The van der Waals surface area contributed by atoms with Crippen molar-refractivity contribution in [1.82, 2.24) is 5.32 Å². The summed E-state index contributed by atoms with van der Waals surface area (Å²) in [7, 11) is 0. The lowest BCUT2D eigenvalue weighted by Crippen LogP contribution is -2.23. The molecule has 0 aromatic heterocycles. The molecular weight excluding hydrogens is 270 g/mol. The van der Waals surface area contributed by atoms with Gasteiger partial charge in [-0.3, -0.25) is 14.9 Å². The number of carbonyl (C=O) groups is 1. The van der Waals surface area contributed by atoms with Gasteiger partial charge in [-0.2, -0.15) is 0 Å². The number of amides is 1. The number of unbranched alkanes of at least 4 members (excludes halogenated alkanes) is 1. The van der Waals surface area contributed by atoms with Gasteiger partial charge in [0.05, 0.1) is 4.92 Å². The molecule has 0 aliphatic heterocycles. The van der Waals surface area contributed by atoms with Gasteiger partial charge in [-0.15, -0.1) is 0 Å². The van der Waals surface area contributed by atoms with E-state index in [4.69, 9.17) is 0 Å². The number of nitrogens with zero attached hydrogens (tertiary/aromatic N) is 1. The fraction of sp³-hybridized carbons (Fsp3) is 0.533. The van der Waals surface area contributed by atoms with Crippen molar-refractivity contribution in [3.05, 3.63) is 33.9 Å². The Morgan fingerprint density at radius 3 is 2.67 bits per heavy atom. The van der Waals surface area contributed by atoms with Crippen molar-refractivity contribution in [3.8, 4) is 0 Å². The minimum absolute atomic E-state index is 0.0675. The Morgan fingerprint density at radius 1 is 1.38 bits per heavy atom. The zero-order valence-corrected chi connectivity index (χ0v) is 12.8. The molecule has 0 saturated carbocycles. The summed E-state index contributed by atoms with van der Waals surface area (Å²) in [6, 6.07) is 4.68. The van der Waals surface area contributed by atoms with Crippen LogP contribution in [0.15, 0.2) is 18.2 Å². The van der Waals surface area contributed by atoms with Crippen LogP contribution in [0.4, 0.5) is 11.4 Å². The van der Waals surface area contributed by atoms with E-state index in [1.165, 1.54) is 6.07 Å². The molecular formula is C15H23N3O3. The van der Waals surface area contributed by atoms with Crippen LogP contribution in [0.1, 0.15) is 50.4 Å². The Bertz CT molecular complexity index is 503. The highest BCUT2D eigenvalue weighted by Gasteiger charge is 2.18. The highest BCUT2D eigenvalue weighted by Crippen LogP contribution is 2.26. The van der Waals surface area contributed by atoms with Gasteiger partial charge >= 0.3 is 0 Å². The molecule has 6 heteroatoms. The SMILES string of the molecule is CCCCC(C)Nc1ccc(C(=O)NCC)cc1[N+](=O)[O-]. The molecule has 1 rings (SSSR count).